The fourth-order valence-electron chi connectivity index (χ4n) is 1.46. The molecule has 1 aromatic rings. The van der Waals surface area contributed by atoms with E-state index in [-0.39, 0.29) is 12.1 Å². The Balaban J connectivity index is 2.21. The molecule has 0 spiro atoms. The molecule has 0 bridgehead atoms. The van der Waals surface area contributed by atoms with Crippen LogP contribution >= 0.6 is 31.9 Å². The molecule has 3 nitrogen and oxygen atoms in total. The normalized spacial score (nSPS) is 15.6. The van der Waals surface area contributed by atoms with Gasteiger partial charge in [-0.25, -0.2) is 4.79 Å². The topological polar surface area (TPSA) is 52.3 Å². The SMILES string of the molecule is Nc1c(Br)cc(Br)cc1C(=O)OC1CCC1. The molecule has 16 heavy (non-hydrogen) atoms. The first-order valence-electron chi connectivity index (χ1n) is 5.03. The Labute approximate surface area is 111 Å². The first-order valence-corrected chi connectivity index (χ1v) is 6.62. The molecule has 0 radical (unpaired) electrons. The van der Waals surface area contributed by atoms with Gasteiger partial charge in [0.1, 0.15) is 6.10 Å². The third-order valence-corrected chi connectivity index (χ3v) is 3.75. The fraction of sp³-hybridized carbons (Fsp3) is 0.364. The number of nitrogen functional groups attached to an aromatic ring is 1. The summed E-state index contributed by atoms with van der Waals surface area (Å²) in [6.45, 7) is 0. The molecule has 0 amide bonds. The van der Waals surface area contributed by atoms with Crippen molar-refractivity contribution < 1.29 is 9.53 Å². The monoisotopic (exact) mass is 347 g/mol. The molecule has 1 aliphatic carbocycles. The highest BCUT2D eigenvalue weighted by Crippen LogP contribution is 2.30. The summed E-state index contributed by atoms with van der Waals surface area (Å²) in [5.74, 6) is -0.343. The van der Waals surface area contributed by atoms with E-state index in [0.717, 1.165) is 23.7 Å². The second-order valence-electron chi connectivity index (χ2n) is 3.81. The molecule has 0 heterocycles. The van der Waals surface area contributed by atoms with Crippen LogP contribution in [-0.2, 0) is 4.74 Å². The van der Waals surface area contributed by atoms with Crippen LogP contribution in [0.3, 0.4) is 0 Å². The van der Waals surface area contributed by atoms with Crippen molar-refractivity contribution in [2.24, 2.45) is 0 Å². The Morgan fingerprint density at radius 1 is 1.38 bits per heavy atom. The summed E-state index contributed by atoms with van der Waals surface area (Å²) in [5, 5.41) is 0. The molecular formula is C11H11Br2NO2. The van der Waals surface area contributed by atoms with Crippen LogP contribution in [0.15, 0.2) is 21.1 Å². The van der Waals surface area contributed by atoms with Gasteiger partial charge >= 0.3 is 5.97 Å². The van der Waals surface area contributed by atoms with E-state index < -0.39 is 0 Å². The minimum atomic E-state index is -0.343. The van der Waals surface area contributed by atoms with Crippen LogP contribution in [0.4, 0.5) is 5.69 Å². The van der Waals surface area contributed by atoms with Crippen molar-refractivity contribution in [2.75, 3.05) is 5.73 Å². The van der Waals surface area contributed by atoms with Crippen LogP contribution in [0, 0.1) is 0 Å². The quantitative estimate of drug-likeness (QED) is 0.657. The molecule has 0 atom stereocenters. The number of hydrogen-bond donors (Lipinski definition) is 1. The van der Waals surface area contributed by atoms with E-state index in [1.54, 1.807) is 12.1 Å². The molecule has 1 aliphatic rings. The van der Waals surface area contributed by atoms with Gasteiger partial charge in [0.2, 0.25) is 0 Å². The molecule has 2 rings (SSSR count). The molecule has 0 saturated heterocycles. The summed E-state index contributed by atoms with van der Waals surface area (Å²) in [6, 6.07) is 3.48. The van der Waals surface area contributed by atoms with E-state index >= 15 is 0 Å². The molecule has 2 N–H and O–H groups in total. The molecule has 86 valence electrons. The maximum atomic E-state index is 11.8. The van der Waals surface area contributed by atoms with Crippen molar-refractivity contribution in [3.63, 3.8) is 0 Å². The van der Waals surface area contributed by atoms with E-state index in [2.05, 4.69) is 31.9 Å². The maximum absolute atomic E-state index is 11.8. The molecule has 1 saturated carbocycles. The van der Waals surface area contributed by atoms with E-state index in [1.165, 1.54) is 0 Å². The Morgan fingerprint density at radius 2 is 2.06 bits per heavy atom. The minimum Gasteiger partial charge on any atom is -0.459 e. The fourth-order valence-corrected chi connectivity index (χ4v) is 2.68. The largest absolute Gasteiger partial charge is 0.459 e. The number of halogens is 2. The smallest absolute Gasteiger partial charge is 0.340 e. The van der Waals surface area contributed by atoms with Gasteiger partial charge in [0.05, 0.1) is 11.3 Å². The van der Waals surface area contributed by atoms with Crippen LogP contribution in [0.1, 0.15) is 29.6 Å². The number of ether oxygens (including phenoxy) is 1. The van der Waals surface area contributed by atoms with Crippen LogP contribution in [-0.4, -0.2) is 12.1 Å². The Morgan fingerprint density at radius 3 is 2.62 bits per heavy atom. The molecule has 0 aromatic heterocycles. The van der Waals surface area contributed by atoms with Crippen molar-refractivity contribution in [3.05, 3.63) is 26.6 Å². The summed E-state index contributed by atoms with van der Waals surface area (Å²) < 4.78 is 6.80. The number of carbonyl (C=O) groups is 1. The highest BCUT2D eigenvalue weighted by atomic mass is 79.9. The third-order valence-electron chi connectivity index (χ3n) is 2.64. The van der Waals surface area contributed by atoms with Crippen molar-refractivity contribution in [1.29, 1.82) is 0 Å². The third kappa shape index (κ3) is 2.40. The van der Waals surface area contributed by atoms with E-state index in [9.17, 15) is 4.79 Å². The summed E-state index contributed by atoms with van der Waals surface area (Å²) in [4.78, 5) is 11.8. The first-order chi connectivity index (χ1) is 7.58. The maximum Gasteiger partial charge on any atom is 0.340 e. The zero-order valence-electron chi connectivity index (χ0n) is 8.50. The number of hydrogen-bond acceptors (Lipinski definition) is 3. The predicted octanol–water partition coefficient (Wildman–Crippen LogP) is 3.50. The molecule has 1 fully saturated rings. The van der Waals surface area contributed by atoms with Gasteiger partial charge in [-0.3, -0.25) is 0 Å². The average Bonchev–Trinajstić information content (AvgIpc) is 2.17. The zero-order valence-corrected chi connectivity index (χ0v) is 11.7. The van der Waals surface area contributed by atoms with Crippen LogP contribution in [0.5, 0.6) is 0 Å². The lowest BCUT2D eigenvalue weighted by molar-refractivity contribution is 0.00911. The Hall–Kier alpha value is -0.550. The lowest BCUT2D eigenvalue weighted by Gasteiger charge is -2.25. The number of nitrogens with two attached hydrogens (primary N) is 1. The lowest BCUT2D eigenvalue weighted by atomic mass is 9.96. The Bertz CT molecular complexity index is 430. The highest BCUT2D eigenvalue weighted by molar-refractivity contribution is 9.11. The van der Waals surface area contributed by atoms with Crippen LogP contribution in [0.25, 0.3) is 0 Å². The summed E-state index contributed by atoms with van der Waals surface area (Å²) >= 11 is 6.62. The van der Waals surface area contributed by atoms with E-state index in [4.69, 9.17) is 10.5 Å². The van der Waals surface area contributed by atoms with Gasteiger partial charge in [0.15, 0.2) is 0 Å². The number of benzene rings is 1. The predicted molar refractivity (Wildman–Crippen MR) is 69.3 cm³/mol. The summed E-state index contributed by atoms with van der Waals surface area (Å²) in [6.07, 6.45) is 3.13. The number of esters is 1. The van der Waals surface area contributed by atoms with Gasteiger partial charge in [0, 0.05) is 8.95 Å². The highest BCUT2D eigenvalue weighted by Gasteiger charge is 2.24. The standard InChI is InChI=1S/C11H11Br2NO2/c12-6-4-8(10(14)9(13)5-6)11(15)16-7-2-1-3-7/h4-5,7H,1-3,14H2. The van der Waals surface area contributed by atoms with Gasteiger partial charge in [-0.05, 0) is 47.3 Å². The average molecular weight is 349 g/mol. The van der Waals surface area contributed by atoms with E-state index in [0.29, 0.717) is 15.7 Å². The van der Waals surface area contributed by atoms with Crippen molar-refractivity contribution >= 4 is 43.5 Å². The molecule has 0 unspecified atom stereocenters. The Kier molecular flexibility index (Phi) is 3.54. The van der Waals surface area contributed by atoms with Gasteiger partial charge in [-0.2, -0.15) is 0 Å². The van der Waals surface area contributed by atoms with Crippen LogP contribution in [0.2, 0.25) is 0 Å². The van der Waals surface area contributed by atoms with Crippen LogP contribution < -0.4 is 5.73 Å². The first kappa shape index (κ1) is 11.9. The second kappa shape index (κ2) is 4.75. The molecule has 0 aliphatic heterocycles. The number of carbonyl (C=O) groups excluding carboxylic acids is 1. The molecular weight excluding hydrogens is 338 g/mol. The summed E-state index contributed by atoms with van der Waals surface area (Å²) in [7, 11) is 0. The lowest BCUT2D eigenvalue weighted by Crippen LogP contribution is -2.25. The van der Waals surface area contributed by atoms with Crippen molar-refractivity contribution in [3.8, 4) is 0 Å². The molecule has 1 aromatic carbocycles. The van der Waals surface area contributed by atoms with Crippen molar-refractivity contribution in [1.82, 2.24) is 0 Å². The van der Waals surface area contributed by atoms with Gasteiger partial charge < -0.3 is 10.5 Å². The second-order valence-corrected chi connectivity index (χ2v) is 5.58. The zero-order chi connectivity index (χ0) is 11.7. The number of anilines is 1. The van der Waals surface area contributed by atoms with Gasteiger partial charge in [-0.1, -0.05) is 15.9 Å². The number of rotatable bonds is 2. The van der Waals surface area contributed by atoms with Crippen molar-refractivity contribution in [2.45, 2.75) is 25.4 Å². The van der Waals surface area contributed by atoms with E-state index in [1.807, 2.05) is 0 Å². The summed E-state index contributed by atoms with van der Waals surface area (Å²) in [5.41, 5.74) is 6.65. The molecule has 5 heteroatoms. The van der Waals surface area contributed by atoms with Gasteiger partial charge in [0.25, 0.3) is 0 Å². The minimum absolute atomic E-state index is 0.0738. The van der Waals surface area contributed by atoms with Gasteiger partial charge in [-0.15, -0.1) is 0 Å².